The van der Waals surface area contributed by atoms with Gasteiger partial charge in [-0.05, 0) is 49.8 Å². The van der Waals surface area contributed by atoms with E-state index in [1.54, 1.807) is 0 Å². The van der Waals surface area contributed by atoms with Crippen LogP contribution < -0.4 is 0 Å². The number of carbonyl (C=O) groups excluding carboxylic acids is 2. The second-order valence-corrected chi connectivity index (χ2v) is 8.57. The maximum absolute atomic E-state index is 13.4. The molecule has 1 aromatic carbocycles. The molecule has 6 atom stereocenters. The maximum atomic E-state index is 13.4. The number of hydrogen-bond donors (Lipinski definition) is 0. The Morgan fingerprint density at radius 3 is 2.62 bits per heavy atom. The van der Waals surface area contributed by atoms with E-state index < -0.39 is 35.1 Å². The minimum absolute atomic E-state index is 0.0676. The molecule has 0 aliphatic carbocycles. The highest BCUT2D eigenvalue weighted by atomic mass is 19.4. The van der Waals surface area contributed by atoms with Crippen LogP contribution in [-0.4, -0.2) is 47.7 Å². The number of esters is 1. The number of amides is 1. The number of carbonyl (C=O) groups is 2. The van der Waals surface area contributed by atoms with E-state index in [1.807, 2.05) is 4.90 Å². The monoisotopic (exact) mass is 409 g/mol. The molecule has 0 radical (unpaired) electrons. The Labute approximate surface area is 166 Å². The van der Waals surface area contributed by atoms with E-state index in [2.05, 4.69) is 0 Å². The largest absolute Gasteiger partial charge is 0.469 e. The molecule has 156 valence electrons. The van der Waals surface area contributed by atoms with Crippen LogP contribution in [0.5, 0.6) is 0 Å². The smallest absolute Gasteiger partial charge is 0.416 e. The molecule has 4 aliphatic rings. The zero-order valence-electron chi connectivity index (χ0n) is 15.9. The first-order valence-corrected chi connectivity index (χ1v) is 10.0. The van der Waals surface area contributed by atoms with Gasteiger partial charge in [-0.15, -0.1) is 0 Å². The summed E-state index contributed by atoms with van der Waals surface area (Å²) in [6, 6.07) is 4.96. The Bertz CT molecular complexity index is 854. The summed E-state index contributed by atoms with van der Waals surface area (Å²) in [5, 5.41) is 0. The molecule has 1 spiro atoms. The van der Waals surface area contributed by atoms with Crippen molar-refractivity contribution in [1.82, 2.24) is 4.90 Å². The number of fused-ring (bicyclic) bond motifs is 2. The topological polar surface area (TPSA) is 55.8 Å². The van der Waals surface area contributed by atoms with Crippen molar-refractivity contribution in [2.75, 3.05) is 7.11 Å². The fourth-order valence-electron chi connectivity index (χ4n) is 6.17. The average Bonchev–Trinajstić information content (AvgIpc) is 3.42. The molecule has 5 nitrogen and oxygen atoms in total. The summed E-state index contributed by atoms with van der Waals surface area (Å²) >= 11 is 0. The lowest BCUT2D eigenvalue weighted by atomic mass is 9.70. The van der Waals surface area contributed by atoms with Gasteiger partial charge in [-0.25, -0.2) is 0 Å². The van der Waals surface area contributed by atoms with Crippen LogP contribution in [0.4, 0.5) is 13.2 Å². The zero-order chi connectivity index (χ0) is 20.6. The quantitative estimate of drug-likeness (QED) is 0.721. The first-order chi connectivity index (χ1) is 13.8. The lowest BCUT2D eigenvalue weighted by Crippen LogP contribution is -2.45. The van der Waals surface area contributed by atoms with Gasteiger partial charge < -0.3 is 14.4 Å². The van der Waals surface area contributed by atoms with Gasteiger partial charge in [-0.3, -0.25) is 9.59 Å². The summed E-state index contributed by atoms with van der Waals surface area (Å²) in [5.41, 5.74) is -0.529. The Balaban J connectivity index is 1.39. The lowest BCUT2D eigenvalue weighted by Gasteiger charge is -2.31. The summed E-state index contributed by atoms with van der Waals surface area (Å²) in [4.78, 5) is 27.5. The van der Waals surface area contributed by atoms with Crippen molar-refractivity contribution >= 4 is 11.9 Å². The molecule has 0 saturated carbocycles. The molecule has 4 saturated heterocycles. The molecule has 4 fully saturated rings. The highest BCUT2D eigenvalue weighted by molar-refractivity contribution is 5.91. The number of alkyl halides is 3. The number of nitrogens with zero attached hydrogens (tertiary/aromatic N) is 1. The molecule has 0 unspecified atom stereocenters. The van der Waals surface area contributed by atoms with Gasteiger partial charge in [0.15, 0.2) is 0 Å². The third-order valence-corrected chi connectivity index (χ3v) is 7.29. The maximum Gasteiger partial charge on any atom is 0.416 e. The summed E-state index contributed by atoms with van der Waals surface area (Å²) in [6.45, 7) is 0. The fourth-order valence-corrected chi connectivity index (χ4v) is 6.17. The highest BCUT2D eigenvalue weighted by Crippen LogP contribution is 2.61. The van der Waals surface area contributed by atoms with Crippen molar-refractivity contribution in [3.8, 4) is 0 Å². The highest BCUT2D eigenvalue weighted by Gasteiger charge is 2.74. The summed E-state index contributed by atoms with van der Waals surface area (Å²) in [7, 11) is 1.33. The molecule has 2 bridgehead atoms. The van der Waals surface area contributed by atoms with Crippen molar-refractivity contribution in [1.29, 1.82) is 0 Å². The summed E-state index contributed by atoms with van der Waals surface area (Å²) in [6.07, 6.45) is -1.05. The molecule has 4 heterocycles. The van der Waals surface area contributed by atoms with E-state index in [4.69, 9.17) is 9.47 Å². The zero-order valence-corrected chi connectivity index (χ0v) is 15.9. The van der Waals surface area contributed by atoms with Crippen LogP contribution in [0.1, 0.15) is 36.8 Å². The van der Waals surface area contributed by atoms with Crippen molar-refractivity contribution < 1.29 is 32.2 Å². The van der Waals surface area contributed by atoms with Gasteiger partial charge in [-0.2, -0.15) is 13.2 Å². The molecule has 5 rings (SSSR count). The van der Waals surface area contributed by atoms with Crippen molar-refractivity contribution in [2.24, 2.45) is 11.8 Å². The predicted octanol–water partition coefficient (Wildman–Crippen LogP) is 2.96. The molecule has 29 heavy (non-hydrogen) atoms. The van der Waals surface area contributed by atoms with Gasteiger partial charge in [0.2, 0.25) is 5.91 Å². The van der Waals surface area contributed by atoms with E-state index in [0.29, 0.717) is 6.42 Å². The number of rotatable bonds is 3. The van der Waals surface area contributed by atoms with Crippen molar-refractivity contribution in [2.45, 2.75) is 62.1 Å². The molecule has 0 N–H and O–H groups in total. The number of methoxy groups -OCH3 is 1. The van der Waals surface area contributed by atoms with Crippen LogP contribution in [0.3, 0.4) is 0 Å². The fraction of sp³-hybridized carbons (Fsp3) is 0.619. The van der Waals surface area contributed by atoms with Crippen molar-refractivity contribution in [3.63, 3.8) is 0 Å². The number of halogens is 3. The minimum Gasteiger partial charge on any atom is -0.469 e. The molecule has 1 aromatic rings. The van der Waals surface area contributed by atoms with Crippen LogP contribution in [0.2, 0.25) is 0 Å². The Kier molecular flexibility index (Phi) is 4.04. The van der Waals surface area contributed by atoms with Gasteiger partial charge >= 0.3 is 12.1 Å². The standard InChI is InChI=1S/C21H22F3NO4/c1-28-19(27)16-14-8-9-20(29-14)15-7-6-13(25(15)18(26)17(16)20)10-11-2-4-12(5-3-11)21(22,23)24/h2-5,13-17H,6-10H2,1H3/t13-,14-,15+,16-,17+,20-/m1/s1. The molecular weight excluding hydrogens is 387 g/mol. The molecule has 8 heteroatoms. The van der Waals surface area contributed by atoms with Gasteiger partial charge in [0.05, 0.1) is 36.7 Å². The second-order valence-electron chi connectivity index (χ2n) is 8.57. The van der Waals surface area contributed by atoms with E-state index in [9.17, 15) is 22.8 Å². The van der Waals surface area contributed by atoms with Gasteiger partial charge in [0.25, 0.3) is 0 Å². The number of ether oxygens (including phenoxy) is 2. The van der Waals surface area contributed by atoms with Gasteiger partial charge in [0.1, 0.15) is 5.60 Å². The summed E-state index contributed by atoms with van der Waals surface area (Å²) < 4.78 is 49.6. The Morgan fingerprint density at radius 1 is 1.24 bits per heavy atom. The van der Waals surface area contributed by atoms with Crippen LogP contribution >= 0.6 is 0 Å². The molecule has 0 aromatic heterocycles. The lowest BCUT2D eigenvalue weighted by molar-refractivity contribution is -0.152. The average molecular weight is 409 g/mol. The van der Waals surface area contributed by atoms with E-state index >= 15 is 0 Å². The molecular formula is C21H22F3NO4. The predicted molar refractivity (Wildman–Crippen MR) is 94.6 cm³/mol. The third-order valence-electron chi connectivity index (χ3n) is 7.29. The first-order valence-electron chi connectivity index (χ1n) is 10.0. The van der Waals surface area contributed by atoms with Gasteiger partial charge in [-0.1, -0.05) is 12.1 Å². The third kappa shape index (κ3) is 2.57. The normalized spacial score (nSPS) is 37.7. The Hall–Kier alpha value is -2.09. The molecule has 1 amide bonds. The van der Waals surface area contributed by atoms with Crippen LogP contribution in [0.25, 0.3) is 0 Å². The first kappa shape index (κ1) is 18.9. The Morgan fingerprint density at radius 2 is 1.97 bits per heavy atom. The number of benzene rings is 1. The number of hydrogen-bond acceptors (Lipinski definition) is 4. The molecule has 4 aliphatic heterocycles. The van der Waals surface area contributed by atoms with E-state index in [-0.39, 0.29) is 24.1 Å². The summed E-state index contributed by atoms with van der Waals surface area (Å²) in [5.74, 6) is -1.52. The van der Waals surface area contributed by atoms with Crippen LogP contribution in [-0.2, 0) is 31.7 Å². The van der Waals surface area contributed by atoms with Crippen LogP contribution in [0, 0.1) is 11.8 Å². The SMILES string of the molecule is COC(=O)[C@H]1[C@H]2C(=O)N3[C@@H](Cc4ccc(C(F)(F)F)cc4)CC[C@H]3[C@]23CC[C@H]1O3. The minimum atomic E-state index is -4.36. The van der Waals surface area contributed by atoms with E-state index in [1.165, 1.54) is 19.2 Å². The van der Waals surface area contributed by atoms with Gasteiger partial charge in [0, 0.05) is 6.04 Å². The van der Waals surface area contributed by atoms with Crippen LogP contribution in [0.15, 0.2) is 24.3 Å². The van der Waals surface area contributed by atoms with E-state index in [0.717, 1.165) is 43.4 Å². The van der Waals surface area contributed by atoms with Crippen molar-refractivity contribution in [3.05, 3.63) is 35.4 Å². The second kappa shape index (κ2) is 6.20.